The Balaban J connectivity index is 1.84. The van der Waals surface area contributed by atoms with Gasteiger partial charge in [-0.05, 0) is 18.6 Å². The summed E-state index contributed by atoms with van der Waals surface area (Å²) in [6.45, 7) is 2.99. The average Bonchev–Trinajstić information content (AvgIpc) is 2.75. The molecule has 0 atom stereocenters. The van der Waals surface area contributed by atoms with Crippen molar-refractivity contribution in [1.82, 2.24) is 5.32 Å². The van der Waals surface area contributed by atoms with E-state index in [9.17, 15) is 7.86 Å². The number of rotatable bonds is 19. The Kier molecular flexibility index (Phi) is 17.4. The van der Waals surface area contributed by atoms with Crippen LogP contribution in [0.15, 0.2) is 24.3 Å². The minimum absolute atomic E-state index is 0.0860. The summed E-state index contributed by atoms with van der Waals surface area (Å²) in [7, 11) is 0. The van der Waals surface area contributed by atoms with Gasteiger partial charge in [-0.15, -0.1) is 0 Å². The number of hydrogen-bond acceptors (Lipinski definition) is 2. The van der Waals surface area contributed by atoms with Crippen LogP contribution < -0.4 is 5.32 Å². The maximum atomic E-state index is 12.2. The maximum Gasteiger partial charge on any atom is 0.252 e. The lowest BCUT2D eigenvalue weighted by atomic mass is 10.0. The molecule has 1 rings (SSSR count). The van der Waals surface area contributed by atoms with E-state index in [0.717, 1.165) is 6.42 Å². The Morgan fingerprint density at radius 2 is 1.17 bits per heavy atom. The van der Waals surface area contributed by atoms with Gasteiger partial charge in [-0.1, -0.05) is 115 Å². The highest BCUT2D eigenvalue weighted by molar-refractivity contribution is 14.1. The van der Waals surface area contributed by atoms with Crippen molar-refractivity contribution in [1.29, 1.82) is 0 Å². The summed E-state index contributed by atoms with van der Waals surface area (Å²) < 4.78 is 11.9. The van der Waals surface area contributed by atoms with Crippen LogP contribution in [0.5, 0.6) is 0 Å². The van der Waals surface area contributed by atoms with Crippen LogP contribution in [0.2, 0.25) is 0 Å². The topological polar surface area (TPSA) is 46.2 Å². The molecule has 0 radical (unpaired) electrons. The molecule has 0 aliphatic carbocycles. The van der Waals surface area contributed by atoms with Crippen LogP contribution in [0.3, 0.4) is 0 Å². The minimum Gasteiger partial charge on any atom is -0.352 e. The molecule has 0 saturated heterocycles. The number of nitrogens with one attached hydrogen (secondary N) is 1. The molecule has 4 heteroatoms. The number of unbranched alkanes of at least 4 members (excludes halogenated alkanes) is 15. The van der Waals surface area contributed by atoms with Crippen LogP contribution in [0.25, 0.3) is 0 Å². The second-order valence-electron chi connectivity index (χ2n) is 8.12. The third-order valence-corrected chi connectivity index (χ3v) is 6.93. The number of carbonyl (C=O) groups excluding carboxylic acids is 1. The highest BCUT2D eigenvalue weighted by atomic mass is 127. The van der Waals surface area contributed by atoms with E-state index >= 15 is 0 Å². The molecule has 1 aromatic carbocycles. The largest absolute Gasteiger partial charge is 0.352 e. The number of benzene rings is 1. The van der Waals surface area contributed by atoms with Gasteiger partial charge in [-0.3, -0.25) is 7.86 Å². The molecule has 1 amide bonds. The zero-order valence-electron chi connectivity index (χ0n) is 18.5. The van der Waals surface area contributed by atoms with E-state index in [1.54, 1.807) is 12.1 Å². The summed E-state index contributed by atoms with van der Waals surface area (Å²) in [5, 5.41) is 2.96. The van der Waals surface area contributed by atoms with E-state index in [4.69, 9.17) is 0 Å². The lowest BCUT2D eigenvalue weighted by molar-refractivity contribution is 0.0952. The van der Waals surface area contributed by atoms with Crippen LogP contribution in [-0.2, 0) is 3.07 Å². The van der Waals surface area contributed by atoms with Crippen molar-refractivity contribution < 1.29 is 7.86 Å². The molecular weight excluding hydrogens is 473 g/mol. The quantitative estimate of drug-likeness (QED) is 0.149. The second kappa shape index (κ2) is 19.2. The van der Waals surface area contributed by atoms with E-state index in [1.807, 2.05) is 12.1 Å². The number of hydrogen-bond donors (Lipinski definition) is 1. The monoisotopic (exact) mass is 515 g/mol. The number of carbonyl (C=O) groups is 1. The lowest BCUT2D eigenvalue weighted by Crippen LogP contribution is -2.25. The summed E-state index contributed by atoms with van der Waals surface area (Å²) in [6.07, 6.45) is 21.7. The van der Waals surface area contributed by atoms with Crippen LogP contribution in [0, 0.1) is 3.57 Å². The van der Waals surface area contributed by atoms with E-state index in [-0.39, 0.29) is 5.91 Å². The van der Waals surface area contributed by atoms with E-state index in [1.165, 1.54) is 96.3 Å². The Morgan fingerprint density at radius 1 is 0.724 bits per heavy atom. The molecule has 0 aliphatic rings. The van der Waals surface area contributed by atoms with E-state index in [0.29, 0.717) is 15.7 Å². The van der Waals surface area contributed by atoms with Gasteiger partial charge in [-0.25, -0.2) is 0 Å². The molecule has 0 heterocycles. The molecular formula is C25H42INO2. The van der Waals surface area contributed by atoms with Crippen molar-refractivity contribution in [2.45, 2.75) is 110 Å². The Bertz CT molecular complexity index is 547. The summed E-state index contributed by atoms with van der Waals surface area (Å²) in [4.78, 5) is 12.2. The van der Waals surface area contributed by atoms with Crippen molar-refractivity contribution >= 4 is 27.1 Å². The Labute approximate surface area is 189 Å². The molecule has 1 aromatic rings. The highest BCUT2D eigenvalue weighted by Crippen LogP contribution is 2.16. The third kappa shape index (κ3) is 14.0. The van der Waals surface area contributed by atoms with Gasteiger partial charge in [0, 0.05) is 6.54 Å². The van der Waals surface area contributed by atoms with Gasteiger partial charge >= 0.3 is 0 Å². The summed E-state index contributed by atoms with van der Waals surface area (Å²) in [6, 6.07) is 7.20. The summed E-state index contributed by atoms with van der Waals surface area (Å²) in [5.41, 5.74) is 0.576. The molecule has 0 saturated carbocycles. The van der Waals surface area contributed by atoms with Crippen LogP contribution in [0.4, 0.5) is 0 Å². The fraction of sp³-hybridized carbons (Fsp3) is 0.720. The molecule has 0 spiro atoms. The zero-order chi connectivity index (χ0) is 21.0. The third-order valence-electron chi connectivity index (χ3n) is 5.52. The molecule has 166 valence electrons. The van der Waals surface area contributed by atoms with Gasteiger partial charge in [0.25, 0.3) is 5.91 Å². The van der Waals surface area contributed by atoms with Crippen molar-refractivity contribution in [2.24, 2.45) is 0 Å². The fourth-order valence-electron chi connectivity index (χ4n) is 3.68. The van der Waals surface area contributed by atoms with Crippen molar-refractivity contribution in [3.63, 3.8) is 0 Å². The van der Waals surface area contributed by atoms with Gasteiger partial charge < -0.3 is 5.32 Å². The summed E-state index contributed by atoms with van der Waals surface area (Å²) in [5.74, 6) is -0.0860. The molecule has 0 bridgehead atoms. The molecule has 0 aromatic heterocycles. The molecule has 0 unspecified atom stereocenters. The van der Waals surface area contributed by atoms with Gasteiger partial charge in [-0.2, -0.15) is 0 Å². The van der Waals surface area contributed by atoms with Gasteiger partial charge in [0.1, 0.15) is 0 Å². The predicted octanol–water partition coefficient (Wildman–Crippen LogP) is 8.16. The first kappa shape index (κ1) is 26.3. The van der Waals surface area contributed by atoms with Crippen molar-refractivity contribution in [3.05, 3.63) is 33.4 Å². The first-order chi connectivity index (χ1) is 14.3. The predicted molar refractivity (Wildman–Crippen MR) is 132 cm³/mol. The molecule has 1 N–H and O–H groups in total. The van der Waals surface area contributed by atoms with Gasteiger partial charge in [0.15, 0.2) is 21.2 Å². The normalized spacial score (nSPS) is 10.9. The van der Waals surface area contributed by atoms with Crippen LogP contribution >= 0.6 is 21.2 Å². The van der Waals surface area contributed by atoms with E-state index < -0.39 is 21.2 Å². The molecule has 0 fully saturated rings. The average molecular weight is 516 g/mol. The van der Waals surface area contributed by atoms with Gasteiger partial charge in [0.2, 0.25) is 0 Å². The second-order valence-corrected chi connectivity index (χ2v) is 9.72. The maximum absolute atomic E-state index is 12.2. The molecule has 0 aliphatic heterocycles. The molecule has 29 heavy (non-hydrogen) atoms. The number of amides is 1. The number of halogens is 1. The highest BCUT2D eigenvalue weighted by Gasteiger charge is 2.09. The van der Waals surface area contributed by atoms with E-state index in [2.05, 4.69) is 12.2 Å². The Hall–Kier alpha value is -0.780. The fourth-order valence-corrected chi connectivity index (χ4v) is 4.70. The van der Waals surface area contributed by atoms with Gasteiger partial charge in [0.05, 0.1) is 9.13 Å². The first-order valence-corrected chi connectivity index (χ1v) is 13.9. The standard InChI is InChI=1S/C25H42INO2/c1-2-3-4-5-6-7-8-9-10-11-12-13-14-15-16-19-22-27-25(28)23-20-17-18-21-24(23)26-29/h17-18,20-21H,2-16,19,22H2,1H3,(H,27,28). The first-order valence-electron chi connectivity index (χ1n) is 11.9. The SMILES string of the molecule is CCCCCCCCCCCCCCCCCCNC(=O)c1ccccc1I=O. The van der Waals surface area contributed by atoms with Crippen molar-refractivity contribution in [2.75, 3.05) is 6.54 Å². The Morgan fingerprint density at radius 3 is 1.66 bits per heavy atom. The van der Waals surface area contributed by atoms with Crippen molar-refractivity contribution in [3.8, 4) is 0 Å². The summed E-state index contributed by atoms with van der Waals surface area (Å²) >= 11 is -1.30. The lowest BCUT2D eigenvalue weighted by Gasteiger charge is -2.07. The zero-order valence-corrected chi connectivity index (χ0v) is 20.7. The van der Waals surface area contributed by atoms with Crippen LogP contribution in [0.1, 0.15) is 120 Å². The smallest absolute Gasteiger partial charge is 0.252 e. The molecule has 3 nitrogen and oxygen atoms in total. The minimum atomic E-state index is -1.30. The van der Waals surface area contributed by atoms with Crippen LogP contribution in [-0.4, -0.2) is 12.5 Å².